The fourth-order valence-corrected chi connectivity index (χ4v) is 1.87. The largest absolute Gasteiger partial charge is 0.484 e. The van der Waals surface area contributed by atoms with Crippen LogP contribution in [0.25, 0.3) is 0 Å². The topological polar surface area (TPSA) is 31.4 Å². The SMILES string of the molecule is COc1nc(C(C)C)ccc1OC1CC(F)(F)C1. The molecule has 3 nitrogen and oxygen atoms in total. The molecule has 1 aromatic heterocycles. The first kappa shape index (κ1) is 13.1. The Hall–Kier alpha value is -1.39. The van der Waals surface area contributed by atoms with Crippen LogP contribution in [0, 0.1) is 0 Å². The smallest absolute Gasteiger partial charge is 0.256 e. The van der Waals surface area contributed by atoms with Crippen LogP contribution in [0.3, 0.4) is 0 Å². The summed E-state index contributed by atoms with van der Waals surface area (Å²) in [4.78, 5) is 4.30. The molecule has 0 N–H and O–H groups in total. The number of pyridine rings is 1. The fraction of sp³-hybridized carbons (Fsp3) is 0.615. The standard InChI is InChI=1S/C13H17F2NO2/c1-8(2)10-4-5-11(12(16-10)17-3)18-9-6-13(14,15)7-9/h4-5,8-9H,6-7H2,1-3H3. The van der Waals surface area contributed by atoms with Gasteiger partial charge in [0.1, 0.15) is 6.10 Å². The van der Waals surface area contributed by atoms with Crippen LogP contribution in [0.15, 0.2) is 12.1 Å². The van der Waals surface area contributed by atoms with Crippen molar-refractivity contribution in [3.05, 3.63) is 17.8 Å². The van der Waals surface area contributed by atoms with Gasteiger partial charge in [-0.15, -0.1) is 0 Å². The first-order valence-corrected chi connectivity index (χ1v) is 6.01. The van der Waals surface area contributed by atoms with Crippen LogP contribution in [-0.4, -0.2) is 24.1 Å². The molecule has 5 heteroatoms. The molecule has 2 rings (SSSR count). The van der Waals surface area contributed by atoms with Gasteiger partial charge >= 0.3 is 0 Å². The van der Waals surface area contributed by atoms with E-state index in [-0.39, 0.29) is 18.8 Å². The Morgan fingerprint density at radius 1 is 1.33 bits per heavy atom. The highest BCUT2D eigenvalue weighted by Crippen LogP contribution is 2.41. The fourth-order valence-electron chi connectivity index (χ4n) is 1.87. The Labute approximate surface area is 105 Å². The maximum atomic E-state index is 12.7. The minimum absolute atomic E-state index is 0.234. The first-order valence-electron chi connectivity index (χ1n) is 6.01. The summed E-state index contributed by atoms with van der Waals surface area (Å²) in [6.07, 6.45) is -0.912. The lowest BCUT2D eigenvalue weighted by Crippen LogP contribution is -2.43. The van der Waals surface area contributed by atoms with E-state index in [2.05, 4.69) is 4.98 Å². The van der Waals surface area contributed by atoms with Crippen LogP contribution < -0.4 is 9.47 Å². The Bertz CT molecular complexity index is 427. The molecule has 0 amide bonds. The molecule has 1 heterocycles. The molecule has 0 aromatic carbocycles. The van der Waals surface area contributed by atoms with E-state index in [1.54, 1.807) is 6.07 Å². The van der Waals surface area contributed by atoms with Crippen molar-refractivity contribution in [1.29, 1.82) is 0 Å². The molecular weight excluding hydrogens is 240 g/mol. The molecule has 0 bridgehead atoms. The molecule has 100 valence electrons. The van der Waals surface area contributed by atoms with Gasteiger partial charge in [-0.25, -0.2) is 13.8 Å². The molecule has 0 aliphatic heterocycles. The van der Waals surface area contributed by atoms with E-state index in [1.807, 2.05) is 19.9 Å². The number of hydrogen-bond donors (Lipinski definition) is 0. The zero-order valence-corrected chi connectivity index (χ0v) is 10.7. The van der Waals surface area contributed by atoms with E-state index >= 15 is 0 Å². The highest BCUT2D eigenvalue weighted by atomic mass is 19.3. The Kier molecular flexibility index (Phi) is 3.41. The van der Waals surface area contributed by atoms with E-state index in [9.17, 15) is 8.78 Å². The number of hydrogen-bond acceptors (Lipinski definition) is 3. The van der Waals surface area contributed by atoms with Crippen molar-refractivity contribution in [2.75, 3.05) is 7.11 Å². The van der Waals surface area contributed by atoms with Crippen LogP contribution in [0.4, 0.5) is 8.78 Å². The van der Waals surface area contributed by atoms with Crippen LogP contribution >= 0.6 is 0 Å². The lowest BCUT2D eigenvalue weighted by Gasteiger charge is -2.34. The minimum atomic E-state index is -2.58. The van der Waals surface area contributed by atoms with E-state index in [1.165, 1.54) is 7.11 Å². The predicted octanol–water partition coefficient (Wildman–Crippen LogP) is 3.39. The van der Waals surface area contributed by atoms with Crippen molar-refractivity contribution in [3.8, 4) is 11.6 Å². The molecule has 1 aromatic rings. The number of methoxy groups -OCH3 is 1. The maximum absolute atomic E-state index is 12.7. The van der Waals surface area contributed by atoms with Gasteiger partial charge in [0.25, 0.3) is 11.8 Å². The molecule has 1 saturated carbocycles. The zero-order chi connectivity index (χ0) is 13.3. The second-order valence-electron chi connectivity index (χ2n) is 4.90. The zero-order valence-electron chi connectivity index (χ0n) is 10.7. The minimum Gasteiger partial charge on any atom is -0.484 e. The molecule has 1 fully saturated rings. The van der Waals surface area contributed by atoms with Gasteiger partial charge in [0.2, 0.25) is 0 Å². The van der Waals surface area contributed by atoms with E-state index in [4.69, 9.17) is 9.47 Å². The number of ether oxygens (including phenoxy) is 2. The number of halogens is 2. The number of alkyl halides is 2. The number of rotatable bonds is 4. The van der Waals surface area contributed by atoms with Gasteiger partial charge in [0, 0.05) is 18.5 Å². The average Bonchev–Trinajstić information content (AvgIpc) is 2.26. The molecule has 0 radical (unpaired) electrons. The molecule has 1 aliphatic rings. The summed E-state index contributed by atoms with van der Waals surface area (Å²) in [5.74, 6) is -1.51. The van der Waals surface area contributed by atoms with Gasteiger partial charge in [-0.1, -0.05) is 13.8 Å². The normalized spacial score (nSPS) is 18.6. The third-order valence-corrected chi connectivity index (χ3v) is 2.98. The highest BCUT2D eigenvalue weighted by molar-refractivity contribution is 5.36. The van der Waals surface area contributed by atoms with Crippen LogP contribution in [-0.2, 0) is 0 Å². The van der Waals surface area contributed by atoms with Gasteiger partial charge in [0.15, 0.2) is 5.75 Å². The number of nitrogens with zero attached hydrogens (tertiary/aromatic N) is 1. The summed E-state index contributed by atoms with van der Waals surface area (Å²) in [5, 5.41) is 0. The van der Waals surface area contributed by atoms with Gasteiger partial charge in [-0.05, 0) is 18.1 Å². The first-order chi connectivity index (χ1) is 8.41. The van der Waals surface area contributed by atoms with Crippen LogP contribution in [0.5, 0.6) is 11.6 Å². The van der Waals surface area contributed by atoms with Crippen molar-refractivity contribution >= 4 is 0 Å². The molecular formula is C13H17F2NO2. The van der Waals surface area contributed by atoms with Gasteiger partial charge < -0.3 is 9.47 Å². The van der Waals surface area contributed by atoms with Crippen molar-refractivity contribution in [1.82, 2.24) is 4.98 Å². The molecule has 0 atom stereocenters. The summed E-state index contributed by atoms with van der Waals surface area (Å²) in [5.41, 5.74) is 0.887. The summed E-state index contributed by atoms with van der Waals surface area (Å²) in [6, 6.07) is 3.57. The summed E-state index contributed by atoms with van der Waals surface area (Å²) in [7, 11) is 1.49. The van der Waals surface area contributed by atoms with Gasteiger partial charge in [-0.3, -0.25) is 0 Å². The van der Waals surface area contributed by atoms with Crippen molar-refractivity contribution in [2.45, 2.75) is 44.6 Å². The highest BCUT2D eigenvalue weighted by Gasteiger charge is 2.47. The van der Waals surface area contributed by atoms with Crippen LogP contribution in [0.2, 0.25) is 0 Å². The Morgan fingerprint density at radius 3 is 2.50 bits per heavy atom. The number of aromatic nitrogens is 1. The monoisotopic (exact) mass is 257 g/mol. The van der Waals surface area contributed by atoms with E-state index in [0.717, 1.165) is 5.69 Å². The third-order valence-electron chi connectivity index (χ3n) is 2.98. The lowest BCUT2D eigenvalue weighted by atomic mass is 9.91. The second-order valence-corrected chi connectivity index (χ2v) is 4.90. The molecule has 0 saturated heterocycles. The van der Waals surface area contributed by atoms with Crippen molar-refractivity contribution in [3.63, 3.8) is 0 Å². The summed E-state index contributed by atoms with van der Waals surface area (Å²) in [6.45, 7) is 4.05. The molecule has 0 spiro atoms. The van der Waals surface area contributed by atoms with Crippen molar-refractivity contribution in [2.24, 2.45) is 0 Å². The molecule has 0 unspecified atom stereocenters. The quantitative estimate of drug-likeness (QED) is 0.828. The van der Waals surface area contributed by atoms with Crippen molar-refractivity contribution < 1.29 is 18.3 Å². The van der Waals surface area contributed by atoms with Gasteiger partial charge in [-0.2, -0.15) is 0 Å². The maximum Gasteiger partial charge on any atom is 0.256 e. The van der Waals surface area contributed by atoms with Gasteiger partial charge in [0.05, 0.1) is 7.11 Å². The Morgan fingerprint density at radius 2 is 2.00 bits per heavy atom. The average molecular weight is 257 g/mol. The second kappa shape index (κ2) is 4.71. The molecule has 18 heavy (non-hydrogen) atoms. The lowest BCUT2D eigenvalue weighted by molar-refractivity contribution is -0.134. The van der Waals surface area contributed by atoms with E-state index < -0.39 is 12.0 Å². The molecule has 1 aliphatic carbocycles. The Balaban J connectivity index is 2.09. The van der Waals surface area contributed by atoms with E-state index in [0.29, 0.717) is 11.6 Å². The summed E-state index contributed by atoms with van der Waals surface area (Å²) < 4.78 is 36.0. The third kappa shape index (κ3) is 2.71. The van der Waals surface area contributed by atoms with Crippen LogP contribution in [0.1, 0.15) is 38.3 Å². The predicted molar refractivity (Wildman–Crippen MR) is 63.5 cm³/mol. The summed E-state index contributed by atoms with van der Waals surface area (Å²) >= 11 is 0.